The van der Waals surface area contributed by atoms with Crippen LogP contribution in [0.2, 0.25) is 0 Å². The van der Waals surface area contributed by atoms with Gasteiger partial charge in [0.2, 0.25) is 0 Å². The van der Waals surface area contributed by atoms with Crippen LogP contribution in [0, 0.1) is 22.7 Å². The van der Waals surface area contributed by atoms with E-state index in [9.17, 15) is 5.26 Å². The molecule has 0 saturated carbocycles. The summed E-state index contributed by atoms with van der Waals surface area (Å²) in [6.07, 6.45) is 5.94. The minimum Gasteiger partial charge on any atom is -0.490 e. The number of ether oxygens (including phenoxy) is 2. The van der Waals surface area contributed by atoms with Crippen molar-refractivity contribution in [2.45, 2.75) is 60.3 Å². The highest BCUT2D eigenvalue weighted by Gasteiger charge is 2.32. The molecule has 0 bridgehead atoms. The van der Waals surface area contributed by atoms with Crippen LogP contribution in [0.5, 0.6) is 11.5 Å². The van der Waals surface area contributed by atoms with Crippen LogP contribution in [-0.4, -0.2) is 19.4 Å². The van der Waals surface area contributed by atoms with E-state index in [1.54, 1.807) is 11.3 Å². The smallest absolute Gasteiger partial charge is 0.161 e. The molecular formula is C25H32N2O2S. The van der Waals surface area contributed by atoms with Gasteiger partial charge in [-0.1, -0.05) is 27.7 Å². The van der Waals surface area contributed by atoms with Crippen molar-refractivity contribution in [3.8, 4) is 17.6 Å². The quantitative estimate of drug-likeness (QED) is 0.464. The van der Waals surface area contributed by atoms with E-state index in [1.807, 2.05) is 31.3 Å². The molecule has 5 heteroatoms. The van der Waals surface area contributed by atoms with Gasteiger partial charge in [-0.3, -0.25) is 0 Å². The van der Waals surface area contributed by atoms with Crippen molar-refractivity contribution in [2.75, 3.05) is 13.2 Å². The first kappa shape index (κ1) is 22.4. The van der Waals surface area contributed by atoms with Crippen molar-refractivity contribution < 1.29 is 9.47 Å². The lowest BCUT2D eigenvalue weighted by Crippen LogP contribution is -2.26. The summed E-state index contributed by atoms with van der Waals surface area (Å²) in [6, 6.07) is 8.27. The number of aliphatic imine (C=N–C) groups is 1. The summed E-state index contributed by atoms with van der Waals surface area (Å²) in [7, 11) is 0. The van der Waals surface area contributed by atoms with Crippen molar-refractivity contribution in [3.63, 3.8) is 0 Å². The normalized spacial score (nSPS) is 16.3. The van der Waals surface area contributed by atoms with E-state index in [0.717, 1.165) is 53.3 Å². The average molecular weight is 425 g/mol. The van der Waals surface area contributed by atoms with Crippen LogP contribution in [0.15, 0.2) is 23.2 Å². The number of fused-ring (bicyclic) bond motifs is 1. The Balaban J connectivity index is 1.85. The van der Waals surface area contributed by atoms with Crippen LogP contribution < -0.4 is 9.47 Å². The van der Waals surface area contributed by atoms with Gasteiger partial charge in [0.1, 0.15) is 11.1 Å². The Morgan fingerprint density at radius 3 is 2.70 bits per heavy atom. The molecule has 1 aliphatic rings. The first-order chi connectivity index (χ1) is 14.4. The monoisotopic (exact) mass is 424 g/mol. The molecule has 1 heterocycles. The van der Waals surface area contributed by atoms with Crippen molar-refractivity contribution in [3.05, 3.63) is 39.8 Å². The van der Waals surface area contributed by atoms with Gasteiger partial charge in [-0.15, -0.1) is 11.3 Å². The van der Waals surface area contributed by atoms with Gasteiger partial charge in [-0.25, -0.2) is 4.99 Å². The number of hydrogen-bond acceptors (Lipinski definition) is 5. The van der Waals surface area contributed by atoms with E-state index < -0.39 is 0 Å². The van der Waals surface area contributed by atoms with E-state index in [1.165, 1.54) is 10.4 Å². The van der Waals surface area contributed by atoms with Crippen molar-refractivity contribution in [1.82, 2.24) is 0 Å². The lowest BCUT2D eigenvalue weighted by Gasteiger charge is -2.33. The Morgan fingerprint density at radius 2 is 2.03 bits per heavy atom. The minimum absolute atomic E-state index is 0.287. The Morgan fingerprint density at radius 1 is 1.23 bits per heavy atom. The van der Waals surface area contributed by atoms with Crippen LogP contribution in [0.3, 0.4) is 0 Å². The van der Waals surface area contributed by atoms with Crippen molar-refractivity contribution in [1.29, 1.82) is 5.26 Å². The molecule has 0 aliphatic heterocycles. The molecule has 0 radical (unpaired) electrons. The average Bonchev–Trinajstić information content (AvgIpc) is 3.07. The predicted molar refractivity (Wildman–Crippen MR) is 125 cm³/mol. The molecule has 2 aromatic rings. The molecule has 1 aromatic carbocycles. The topological polar surface area (TPSA) is 54.6 Å². The van der Waals surface area contributed by atoms with E-state index in [0.29, 0.717) is 19.1 Å². The molecule has 0 fully saturated rings. The Labute approximate surface area is 184 Å². The summed E-state index contributed by atoms with van der Waals surface area (Å²) < 4.78 is 11.5. The van der Waals surface area contributed by atoms with Gasteiger partial charge in [-0.05, 0) is 73.3 Å². The van der Waals surface area contributed by atoms with Gasteiger partial charge < -0.3 is 9.47 Å². The highest BCUT2D eigenvalue weighted by Crippen LogP contribution is 2.44. The summed E-state index contributed by atoms with van der Waals surface area (Å²) in [5.74, 6) is 2.14. The highest BCUT2D eigenvalue weighted by atomic mass is 32.1. The molecule has 0 amide bonds. The Hall–Kier alpha value is -2.32. The zero-order valence-corrected chi connectivity index (χ0v) is 19.6. The van der Waals surface area contributed by atoms with Gasteiger partial charge in [0.05, 0.1) is 18.8 Å². The highest BCUT2D eigenvalue weighted by molar-refractivity contribution is 7.16. The third kappa shape index (κ3) is 5.05. The van der Waals surface area contributed by atoms with Gasteiger partial charge >= 0.3 is 0 Å². The number of benzene rings is 1. The molecule has 1 aliphatic carbocycles. The molecule has 4 nitrogen and oxygen atoms in total. The van der Waals surface area contributed by atoms with Crippen LogP contribution >= 0.6 is 11.3 Å². The van der Waals surface area contributed by atoms with Crippen molar-refractivity contribution >= 4 is 22.6 Å². The fourth-order valence-corrected chi connectivity index (χ4v) is 5.08. The standard InChI is InChI=1S/C25H32N2O2S/c1-6-12-29-21-11-8-17(13-22(21)28-7-2)16-27-24-20(15-26)19-10-9-18(25(3,4)5)14-23(19)30-24/h8,11,13,16,18H,6-7,9-10,12,14H2,1-5H3/t18-/m0/s1. The largest absolute Gasteiger partial charge is 0.490 e. The van der Waals surface area contributed by atoms with E-state index in [4.69, 9.17) is 14.5 Å². The zero-order valence-electron chi connectivity index (χ0n) is 18.7. The Kier molecular flexibility index (Phi) is 7.20. The molecule has 0 unspecified atom stereocenters. The SMILES string of the molecule is CCCOc1ccc(C=Nc2sc3c(c2C#N)CC[C@H](C(C)(C)C)C3)cc1OCC. The van der Waals surface area contributed by atoms with E-state index >= 15 is 0 Å². The third-order valence-electron chi connectivity index (χ3n) is 5.64. The second-order valence-corrected chi connectivity index (χ2v) is 9.93. The summed E-state index contributed by atoms with van der Waals surface area (Å²) >= 11 is 1.68. The van der Waals surface area contributed by atoms with Crippen LogP contribution in [0.1, 0.15) is 69.0 Å². The molecule has 160 valence electrons. The maximum Gasteiger partial charge on any atom is 0.161 e. The van der Waals surface area contributed by atoms with Crippen molar-refractivity contribution in [2.24, 2.45) is 16.3 Å². The second-order valence-electron chi connectivity index (χ2n) is 8.85. The van der Waals surface area contributed by atoms with Gasteiger partial charge in [0.25, 0.3) is 0 Å². The number of nitriles is 1. The summed E-state index contributed by atoms with van der Waals surface area (Å²) in [6.45, 7) is 12.2. The number of thiophene rings is 1. The maximum atomic E-state index is 9.77. The molecule has 30 heavy (non-hydrogen) atoms. The molecule has 0 N–H and O–H groups in total. The minimum atomic E-state index is 0.287. The third-order valence-corrected chi connectivity index (χ3v) is 6.81. The fraction of sp³-hybridized carbons (Fsp3) is 0.520. The molecule has 1 atom stereocenters. The molecule has 0 spiro atoms. The fourth-order valence-electron chi connectivity index (χ4n) is 3.85. The molecule has 0 saturated heterocycles. The summed E-state index contributed by atoms with van der Waals surface area (Å²) in [5.41, 5.74) is 3.19. The number of nitrogens with zero attached hydrogens (tertiary/aromatic N) is 2. The first-order valence-electron chi connectivity index (χ1n) is 10.9. The zero-order chi connectivity index (χ0) is 21.7. The second kappa shape index (κ2) is 9.66. The van der Waals surface area contributed by atoms with Crippen LogP contribution in [-0.2, 0) is 12.8 Å². The molecule has 1 aromatic heterocycles. The predicted octanol–water partition coefficient (Wildman–Crippen LogP) is 6.71. The number of hydrogen-bond donors (Lipinski definition) is 0. The van der Waals surface area contributed by atoms with Gasteiger partial charge in [-0.2, -0.15) is 5.26 Å². The van der Waals surface area contributed by atoms with Crippen LogP contribution in [0.25, 0.3) is 0 Å². The summed E-state index contributed by atoms with van der Waals surface area (Å²) in [5, 5.41) is 10.6. The lowest BCUT2D eigenvalue weighted by atomic mass is 9.72. The lowest BCUT2D eigenvalue weighted by molar-refractivity contribution is 0.218. The van der Waals surface area contributed by atoms with E-state index in [2.05, 4.69) is 33.8 Å². The van der Waals surface area contributed by atoms with Gasteiger partial charge in [0.15, 0.2) is 11.5 Å². The van der Waals surface area contributed by atoms with Gasteiger partial charge in [0, 0.05) is 11.1 Å². The van der Waals surface area contributed by atoms with E-state index in [-0.39, 0.29) is 5.41 Å². The number of rotatable bonds is 7. The Bertz CT molecular complexity index is 947. The molecular weight excluding hydrogens is 392 g/mol. The maximum absolute atomic E-state index is 9.77. The molecule has 3 rings (SSSR count). The first-order valence-corrected chi connectivity index (χ1v) is 11.7. The summed E-state index contributed by atoms with van der Waals surface area (Å²) in [4.78, 5) is 6.04. The van der Waals surface area contributed by atoms with Crippen LogP contribution in [0.4, 0.5) is 5.00 Å².